The minimum atomic E-state index is -1.20. The summed E-state index contributed by atoms with van der Waals surface area (Å²) in [7, 11) is 0. The van der Waals surface area contributed by atoms with E-state index in [0.29, 0.717) is 30.9 Å². The smallest absolute Gasteiger partial charge is 0.279 e. The Morgan fingerprint density at radius 2 is 1.12 bits per heavy atom. The van der Waals surface area contributed by atoms with Crippen LogP contribution in [0.3, 0.4) is 0 Å². The summed E-state index contributed by atoms with van der Waals surface area (Å²) in [5.74, 6) is -0.641. The fourth-order valence-electron chi connectivity index (χ4n) is 9.67. The summed E-state index contributed by atoms with van der Waals surface area (Å²) in [6.45, 7) is 9.78. The lowest BCUT2D eigenvalue weighted by atomic mass is 10.1. The van der Waals surface area contributed by atoms with Gasteiger partial charge in [-0.1, -0.05) is 46.6 Å². The third-order valence-corrected chi connectivity index (χ3v) is 13.8. The molecule has 3 saturated heterocycles. The topological polar surface area (TPSA) is 484 Å². The van der Waals surface area contributed by atoms with E-state index in [9.17, 15) is 59.4 Å². The van der Waals surface area contributed by atoms with Gasteiger partial charge in [-0.25, -0.2) is 24.9 Å². The molecule has 9 rings (SSSR count). The number of aliphatic hydroxyl groups excluding tert-OH is 6. The lowest BCUT2D eigenvalue weighted by Crippen LogP contribution is -2.53. The number of ketones is 1. The molecule has 15 atom stereocenters. The van der Waals surface area contributed by atoms with Crippen LogP contribution < -0.4 is 49.3 Å². The average molecular weight is 1130 g/mol. The first-order chi connectivity index (χ1) is 38.2. The standard InChI is InChI=1S/2C16H24N6O5.C16H23N5O5/c2*1-3-4-8(17)14(25)21-10-9(5-23)27-16(12(10)24)22-6-18-11-13(22)19-7(2)20-15(11)26;1-2-3-8(17)15(25)20-12-10(6-22)26-16(13(12)24)21-7-19-11-9(23)4-5-18-14(11)21/h6,8-10,12,16,23-24H,3-5,17H2,1-2H3,(H,21,25)(H,19,20,26);6,8-10,12,16,19,23-24H,2-5,17H2,1H3,(H,20,26)(H,21,25);5,7-8,10,12-13,16,22,24H,2-4,6,17H2,1H3,(H,20,25)/t2*8?,9-,10+,12?,16-;8?,10-,12+,13?,16-/m111/s1. The van der Waals surface area contributed by atoms with E-state index in [1.807, 2.05) is 20.8 Å². The van der Waals surface area contributed by atoms with Crippen LogP contribution >= 0.6 is 0 Å². The van der Waals surface area contributed by atoms with Crippen molar-refractivity contribution >= 4 is 58.4 Å². The summed E-state index contributed by atoms with van der Waals surface area (Å²) in [4.78, 5) is 95.6. The van der Waals surface area contributed by atoms with Crippen LogP contribution in [0.4, 0.5) is 11.6 Å². The molecule has 0 aromatic carbocycles. The SMILES string of the molecule is C=C1NC(=O)c2ncn([C@@H]3O[C@H](CO)[C@H](NC(=O)C(N)CCC)C3O)c2N1.CCCC(N)C(=O)N[C@@H]1C(O)[C@H](n2cnc3c(=O)[nH]c(C)nc32)O[C@@H]1CO.CCCC(N)C(=O)N[C@@H]1C(O)[C@H](n2cnc3c2N=CCC3=O)O[C@@H]1CO. The summed E-state index contributed by atoms with van der Waals surface area (Å²) in [6.07, 6.45) is 0.437. The number of ether oxygens (including phenoxy) is 3. The zero-order valence-corrected chi connectivity index (χ0v) is 44.4. The Balaban J connectivity index is 0.000000173. The monoisotopic (exact) mass is 1130 g/mol. The number of aryl methyl sites for hydroxylation is 1. The number of H-pyrrole nitrogens is 1. The van der Waals surface area contributed by atoms with Gasteiger partial charge in [-0.3, -0.25) is 42.5 Å². The summed E-state index contributed by atoms with van der Waals surface area (Å²) in [5.41, 5.74) is 17.7. The summed E-state index contributed by atoms with van der Waals surface area (Å²) in [6, 6.07) is -4.70. The van der Waals surface area contributed by atoms with E-state index in [2.05, 4.69) is 63.1 Å². The molecule has 32 heteroatoms. The molecule has 4 aromatic rings. The molecule has 5 aliphatic rings. The molecule has 0 spiro atoms. The number of carbonyl (C=O) groups excluding carboxylic acids is 5. The number of hydrogen-bond donors (Lipinski definition) is 15. The summed E-state index contributed by atoms with van der Waals surface area (Å²) < 4.78 is 21.4. The highest BCUT2D eigenvalue weighted by atomic mass is 16.6. The van der Waals surface area contributed by atoms with Crippen molar-refractivity contribution in [1.82, 2.24) is 59.9 Å². The zero-order chi connectivity index (χ0) is 58.3. The van der Waals surface area contributed by atoms with E-state index in [1.54, 1.807) is 6.92 Å². The molecule has 0 saturated carbocycles. The Kier molecular flexibility index (Phi) is 20.1. The van der Waals surface area contributed by atoms with Gasteiger partial charge in [0.25, 0.3) is 11.5 Å². The number of imidazole rings is 3. The second kappa shape index (κ2) is 26.5. The molecule has 4 amide bonds. The van der Waals surface area contributed by atoms with Gasteiger partial charge in [0.1, 0.15) is 54.1 Å². The number of nitrogens with one attached hydrogen (secondary N) is 6. The van der Waals surface area contributed by atoms with E-state index in [4.69, 9.17) is 31.4 Å². The average Bonchev–Trinajstić information content (AvgIpc) is 4.37. The van der Waals surface area contributed by atoms with Crippen LogP contribution in [0.1, 0.15) is 111 Å². The number of aliphatic hydroxyl groups is 6. The van der Waals surface area contributed by atoms with Crippen molar-refractivity contribution in [1.29, 1.82) is 0 Å². The van der Waals surface area contributed by atoms with Crippen LogP contribution in [-0.4, -0.2) is 198 Å². The van der Waals surface area contributed by atoms with E-state index < -0.39 is 141 Å². The third kappa shape index (κ3) is 12.8. The van der Waals surface area contributed by atoms with Crippen LogP contribution in [0.2, 0.25) is 0 Å². The van der Waals surface area contributed by atoms with Gasteiger partial charge in [-0.05, 0) is 26.2 Å². The molecule has 18 N–H and O–H groups in total. The van der Waals surface area contributed by atoms with E-state index in [1.165, 1.54) is 38.9 Å². The van der Waals surface area contributed by atoms with Gasteiger partial charge in [0.05, 0.1) is 75.1 Å². The highest BCUT2D eigenvalue weighted by Crippen LogP contribution is 2.37. The maximum absolute atomic E-state index is 12.2. The first-order valence-electron chi connectivity index (χ1n) is 26.1. The molecule has 438 valence electrons. The second-order valence-electron chi connectivity index (χ2n) is 19.6. The number of nitrogens with zero attached hydrogens (tertiary/aromatic N) is 8. The van der Waals surface area contributed by atoms with Gasteiger partial charge in [-0.2, -0.15) is 0 Å². The van der Waals surface area contributed by atoms with E-state index in [0.717, 1.165) is 19.3 Å². The largest absolute Gasteiger partial charge is 0.394 e. The van der Waals surface area contributed by atoms with Crippen LogP contribution in [0.25, 0.3) is 11.2 Å². The molecule has 6 unspecified atom stereocenters. The van der Waals surface area contributed by atoms with Crippen molar-refractivity contribution < 1.29 is 68.8 Å². The fraction of sp³-hybridized carbons (Fsp3) is 0.604. The predicted octanol–water partition coefficient (Wildman–Crippen LogP) is -4.30. The Morgan fingerprint density at radius 3 is 1.60 bits per heavy atom. The summed E-state index contributed by atoms with van der Waals surface area (Å²) >= 11 is 0. The van der Waals surface area contributed by atoms with Crippen LogP contribution in [-0.2, 0) is 28.6 Å². The van der Waals surface area contributed by atoms with Gasteiger partial charge in [0, 0.05) is 12.6 Å². The molecular weight excluding hydrogens is 1050 g/mol. The van der Waals surface area contributed by atoms with Gasteiger partial charge < -0.3 is 93.6 Å². The number of amides is 4. The molecule has 5 aliphatic heterocycles. The molecule has 0 bridgehead atoms. The number of Topliss-reactive ketones (excluding diaryl/α,β-unsaturated/α-hetero) is 1. The molecule has 0 radical (unpaired) electrons. The minimum Gasteiger partial charge on any atom is -0.394 e. The first kappa shape index (κ1) is 60.7. The molecule has 4 aromatic heterocycles. The fourth-order valence-corrected chi connectivity index (χ4v) is 9.67. The van der Waals surface area contributed by atoms with Crippen molar-refractivity contribution in [3.8, 4) is 0 Å². The molecule has 9 heterocycles. The predicted molar refractivity (Wildman–Crippen MR) is 280 cm³/mol. The minimum absolute atomic E-state index is 0.106. The number of rotatable bonds is 18. The van der Waals surface area contributed by atoms with E-state index >= 15 is 0 Å². The van der Waals surface area contributed by atoms with Crippen molar-refractivity contribution in [2.75, 3.05) is 25.1 Å². The molecule has 3 fully saturated rings. The van der Waals surface area contributed by atoms with Gasteiger partial charge in [0.15, 0.2) is 52.8 Å². The maximum atomic E-state index is 12.2. The second-order valence-corrected chi connectivity index (χ2v) is 19.6. The lowest BCUT2D eigenvalue weighted by Gasteiger charge is -2.24. The number of aliphatic imine (C=N–C) groups is 1. The molecular formula is C48H71N17O15. The number of carbonyl (C=O) groups is 5. The third-order valence-electron chi connectivity index (χ3n) is 13.8. The van der Waals surface area contributed by atoms with Crippen LogP contribution in [0.15, 0.2) is 41.2 Å². The zero-order valence-electron chi connectivity index (χ0n) is 44.4. The van der Waals surface area contributed by atoms with Gasteiger partial charge in [-0.15, -0.1) is 0 Å². The number of fused-ring (bicyclic) bond motifs is 3. The quantitative estimate of drug-likeness (QED) is 0.0448. The van der Waals surface area contributed by atoms with Crippen molar-refractivity contribution in [2.45, 2.75) is 164 Å². The van der Waals surface area contributed by atoms with Gasteiger partial charge in [0.2, 0.25) is 17.7 Å². The van der Waals surface area contributed by atoms with Crippen LogP contribution in [0, 0.1) is 6.92 Å². The first-order valence-corrected chi connectivity index (χ1v) is 26.1. The van der Waals surface area contributed by atoms with Gasteiger partial charge >= 0.3 is 0 Å². The number of aromatic amines is 1. The maximum Gasteiger partial charge on any atom is 0.279 e. The Labute approximate surface area is 456 Å². The number of hydrogen-bond acceptors (Lipinski definition) is 24. The Morgan fingerprint density at radius 1 is 0.688 bits per heavy atom. The van der Waals surface area contributed by atoms with Crippen molar-refractivity contribution in [2.24, 2.45) is 22.2 Å². The Bertz CT molecular complexity index is 2960. The number of nitrogens with two attached hydrogens (primary N) is 3. The normalized spacial score (nSPS) is 27.8. The van der Waals surface area contributed by atoms with Crippen molar-refractivity contribution in [3.63, 3.8) is 0 Å². The highest BCUT2D eigenvalue weighted by molar-refractivity contribution is 6.08. The van der Waals surface area contributed by atoms with Crippen LogP contribution in [0.5, 0.6) is 0 Å². The van der Waals surface area contributed by atoms with E-state index in [-0.39, 0.29) is 46.4 Å². The highest BCUT2D eigenvalue weighted by Gasteiger charge is 2.49. The number of aromatic nitrogens is 8. The summed E-state index contributed by atoms with van der Waals surface area (Å²) in [5, 5.41) is 74.3. The molecule has 32 nitrogen and oxygen atoms in total. The Hall–Kier alpha value is -6.95. The lowest BCUT2D eigenvalue weighted by molar-refractivity contribution is -0.125. The molecule has 80 heavy (non-hydrogen) atoms. The van der Waals surface area contributed by atoms with Crippen molar-refractivity contribution in [3.05, 3.63) is 58.9 Å². The molecule has 0 aliphatic carbocycles. The number of anilines is 1.